The van der Waals surface area contributed by atoms with Crippen LogP contribution >= 0.6 is 0 Å². The molecule has 1 amide bonds. The molecular formula is C19H20N2O3. The van der Waals surface area contributed by atoms with Crippen molar-refractivity contribution in [3.63, 3.8) is 0 Å². The van der Waals surface area contributed by atoms with E-state index in [-0.39, 0.29) is 12.5 Å². The van der Waals surface area contributed by atoms with E-state index in [0.29, 0.717) is 5.69 Å². The minimum absolute atomic E-state index is 0.146. The first-order valence-corrected chi connectivity index (χ1v) is 7.75. The van der Waals surface area contributed by atoms with Gasteiger partial charge in [0.2, 0.25) is 0 Å². The molecule has 0 aliphatic heterocycles. The Morgan fingerprint density at radius 3 is 2.58 bits per heavy atom. The number of fused-ring (bicyclic) bond motifs is 1. The monoisotopic (exact) mass is 324 g/mol. The highest BCUT2D eigenvalue weighted by molar-refractivity contribution is 5.98. The number of hydrogen-bond donors (Lipinski definition) is 2. The van der Waals surface area contributed by atoms with Crippen LogP contribution in [0.25, 0.3) is 10.9 Å². The van der Waals surface area contributed by atoms with E-state index in [1.165, 1.54) is 0 Å². The maximum Gasteiger partial charge on any atom is 0.268 e. The third-order valence-corrected chi connectivity index (χ3v) is 4.14. The second-order valence-corrected chi connectivity index (χ2v) is 5.65. The van der Waals surface area contributed by atoms with E-state index in [9.17, 15) is 9.90 Å². The lowest BCUT2D eigenvalue weighted by molar-refractivity contribution is 0.0908. The zero-order chi connectivity index (χ0) is 17.1. The zero-order valence-electron chi connectivity index (χ0n) is 13.7. The normalized spacial score (nSPS) is 12.1. The van der Waals surface area contributed by atoms with E-state index in [4.69, 9.17) is 4.74 Å². The van der Waals surface area contributed by atoms with Crippen molar-refractivity contribution in [1.29, 1.82) is 0 Å². The number of amides is 1. The van der Waals surface area contributed by atoms with Crippen molar-refractivity contribution in [3.8, 4) is 5.75 Å². The maximum atomic E-state index is 12.4. The second-order valence-electron chi connectivity index (χ2n) is 5.65. The van der Waals surface area contributed by atoms with Crippen LogP contribution < -0.4 is 10.1 Å². The molecule has 2 aromatic carbocycles. The molecule has 5 nitrogen and oxygen atoms in total. The van der Waals surface area contributed by atoms with Crippen molar-refractivity contribution in [2.24, 2.45) is 7.05 Å². The summed E-state index contributed by atoms with van der Waals surface area (Å²) in [6.07, 6.45) is -0.769. The summed E-state index contributed by atoms with van der Waals surface area (Å²) < 4.78 is 6.94. The molecule has 0 radical (unpaired) electrons. The molecule has 3 aromatic rings. The lowest BCUT2D eigenvalue weighted by Gasteiger charge is -2.13. The first-order chi connectivity index (χ1) is 11.6. The number of aromatic nitrogens is 1. The molecule has 1 heterocycles. The molecule has 124 valence electrons. The Labute approximate surface area is 140 Å². The van der Waals surface area contributed by atoms with Gasteiger partial charge in [-0.3, -0.25) is 4.79 Å². The van der Waals surface area contributed by atoms with Crippen molar-refractivity contribution in [2.75, 3.05) is 13.7 Å². The lowest BCUT2D eigenvalue weighted by Crippen LogP contribution is -2.29. The van der Waals surface area contributed by atoms with Gasteiger partial charge in [-0.2, -0.15) is 0 Å². The van der Waals surface area contributed by atoms with Crippen LogP contribution in [0.5, 0.6) is 5.75 Å². The van der Waals surface area contributed by atoms with Gasteiger partial charge in [0, 0.05) is 24.5 Å². The van der Waals surface area contributed by atoms with E-state index in [2.05, 4.69) is 5.32 Å². The van der Waals surface area contributed by atoms with Crippen LogP contribution in [0.1, 0.15) is 22.2 Å². The molecule has 0 aliphatic carbocycles. The molecule has 0 saturated heterocycles. The highest BCUT2D eigenvalue weighted by Gasteiger charge is 2.15. The van der Waals surface area contributed by atoms with E-state index >= 15 is 0 Å². The average molecular weight is 324 g/mol. The molecule has 1 aromatic heterocycles. The van der Waals surface area contributed by atoms with Crippen LogP contribution in [-0.2, 0) is 7.05 Å². The number of hydrogen-bond acceptors (Lipinski definition) is 3. The van der Waals surface area contributed by atoms with Crippen LogP contribution in [0, 0.1) is 0 Å². The van der Waals surface area contributed by atoms with Crippen molar-refractivity contribution < 1.29 is 14.6 Å². The largest absolute Gasteiger partial charge is 0.497 e. The van der Waals surface area contributed by atoms with E-state index in [0.717, 1.165) is 22.2 Å². The number of nitrogens with one attached hydrogen (secondary N) is 1. The molecule has 0 bridgehead atoms. The number of nitrogens with zero attached hydrogens (tertiary/aromatic N) is 1. The number of benzene rings is 2. The second kappa shape index (κ2) is 6.76. The number of aryl methyl sites for hydroxylation is 1. The van der Waals surface area contributed by atoms with E-state index < -0.39 is 6.10 Å². The molecule has 24 heavy (non-hydrogen) atoms. The fourth-order valence-electron chi connectivity index (χ4n) is 2.73. The maximum absolute atomic E-state index is 12.4. The zero-order valence-corrected chi connectivity index (χ0v) is 13.7. The highest BCUT2D eigenvalue weighted by atomic mass is 16.5. The summed E-state index contributed by atoms with van der Waals surface area (Å²) in [6.45, 7) is 0.146. The van der Waals surface area contributed by atoms with Crippen molar-refractivity contribution in [1.82, 2.24) is 9.88 Å². The number of aliphatic hydroxyl groups excluding tert-OH is 1. The smallest absolute Gasteiger partial charge is 0.268 e. The summed E-state index contributed by atoms with van der Waals surface area (Å²) >= 11 is 0. The fourth-order valence-corrected chi connectivity index (χ4v) is 2.73. The Balaban J connectivity index is 1.68. The number of carbonyl (C=O) groups excluding carboxylic acids is 1. The molecule has 2 N–H and O–H groups in total. The minimum Gasteiger partial charge on any atom is -0.497 e. The van der Waals surface area contributed by atoms with Crippen molar-refractivity contribution in [2.45, 2.75) is 6.10 Å². The van der Waals surface area contributed by atoms with Crippen LogP contribution in [0.15, 0.2) is 54.6 Å². The van der Waals surface area contributed by atoms with Crippen molar-refractivity contribution in [3.05, 3.63) is 65.9 Å². The molecule has 1 atom stereocenters. The van der Waals surface area contributed by atoms with Gasteiger partial charge in [-0.05, 0) is 29.8 Å². The summed E-state index contributed by atoms with van der Waals surface area (Å²) in [6, 6.07) is 16.8. The number of aliphatic hydroxyl groups is 1. The van der Waals surface area contributed by atoms with Gasteiger partial charge in [-0.25, -0.2) is 0 Å². The van der Waals surface area contributed by atoms with E-state index in [1.807, 2.05) is 41.9 Å². The van der Waals surface area contributed by atoms with Gasteiger partial charge in [0.05, 0.1) is 13.2 Å². The van der Waals surface area contributed by atoms with Crippen LogP contribution in [0.2, 0.25) is 0 Å². The van der Waals surface area contributed by atoms with Gasteiger partial charge in [-0.15, -0.1) is 0 Å². The third-order valence-electron chi connectivity index (χ3n) is 4.14. The Kier molecular flexibility index (Phi) is 4.53. The Morgan fingerprint density at radius 2 is 1.92 bits per heavy atom. The van der Waals surface area contributed by atoms with Gasteiger partial charge in [0.25, 0.3) is 5.91 Å². The molecule has 5 heteroatoms. The summed E-state index contributed by atoms with van der Waals surface area (Å²) in [5, 5.41) is 14.0. The summed E-state index contributed by atoms with van der Waals surface area (Å²) in [4.78, 5) is 12.4. The number of carbonyl (C=O) groups is 1. The molecule has 0 spiro atoms. The topological polar surface area (TPSA) is 63.5 Å². The minimum atomic E-state index is -0.769. The summed E-state index contributed by atoms with van der Waals surface area (Å²) in [5.41, 5.74) is 2.30. The van der Waals surface area contributed by atoms with Crippen LogP contribution in [0.3, 0.4) is 0 Å². The molecule has 0 fully saturated rings. The van der Waals surface area contributed by atoms with Crippen LogP contribution in [-0.4, -0.2) is 29.2 Å². The lowest BCUT2D eigenvalue weighted by atomic mass is 10.1. The Morgan fingerprint density at radius 1 is 1.21 bits per heavy atom. The van der Waals surface area contributed by atoms with Gasteiger partial charge >= 0.3 is 0 Å². The number of ether oxygens (including phenoxy) is 1. The molecule has 0 aliphatic rings. The number of rotatable bonds is 5. The molecule has 0 saturated carbocycles. The SMILES string of the molecule is COc1ccc(C(O)CNC(=O)c2cc3ccccc3n2C)cc1. The standard InChI is InChI=1S/C19H20N2O3/c1-21-16-6-4-3-5-14(16)11-17(21)19(23)20-12-18(22)13-7-9-15(24-2)10-8-13/h3-11,18,22H,12H2,1-2H3,(H,20,23). The van der Waals surface area contributed by atoms with Crippen LogP contribution in [0.4, 0.5) is 0 Å². The molecular weight excluding hydrogens is 304 g/mol. The average Bonchev–Trinajstić information content (AvgIpc) is 2.96. The number of para-hydroxylation sites is 1. The first kappa shape index (κ1) is 16.1. The molecule has 1 unspecified atom stereocenters. The first-order valence-electron chi connectivity index (χ1n) is 7.75. The van der Waals surface area contributed by atoms with Crippen molar-refractivity contribution >= 4 is 16.8 Å². The predicted molar refractivity (Wildman–Crippen MR) is 93.2 cm³/mol. The Bertz CT molecular complexity index is 853. The van der Waals surface area contributed by atoms with Gasteiger partial charge in [-0.1, -0.05) is 30.3 Å². The quantitative estimate of drug-likeness (QED) is 0.758. The predicted octanol–water partition coefficient (Wildman–Crippen LogP) is 2.65. The fraction of sp³-hybridized carbons (Fsp3) is 0.211. The summed E-state index contributed by atoms with van der Waals surface area (Å²) in [5.74, 6) is 0.520. The van der Waals surface area contributed by atoms with E-state index in [1.54, 1.807) is 31.4 Å². The Hall–Kier alpha value is -2.79. The van der Waals surface area contributed by atoms with Gasteiger partial charge in [0.1, 0.15) is 11.4 Å². The number of methoxy groups -OCH3 is 1. The van der Waals surface area contributed by atoms with Gasteiger partial charge < -0.3 is 19.7 Å². The third kappa shape index (κ3) is 3.12. The van der Waals surface area contributed by atoms with Gasteiger partial charge in [0.15, 0.2) is 0 Å². The molecule has 3 rings (SSSR count). The summed E-state index contributed by atoms with van der Waals surface area (Å²) in [7, 11) is 3.45. The highest BCUT2D eigenvalue weighted by Crippen LogP contribution is 2.19.